The minimum absolute atomic E-state index is 0.307. The number of aliphatic hydroxyl groups excluding tert-OH is 1. The van der Waals surface area contributed by atoms with E-state index in [1.165, 1.54) is 0 Å². The third-order valence-electron chi connectivity index (χ3n) is 2.06. The van der Waals surface area contributed by atoms with Crippen LogP contribution < -0.4 is 5.73 Å². The highest BCUT2D eigenvalue weighted by Gasteiger charge is 2.17. The van der Waals surface area contributed by atoms with Gasteiger partial charge in [0.15, 0.2) is 0 Å². The van der Waals surface area contributed by atoms with Gasteiger partial charge in [-0.2, -0.15) is 0 Å². The van der Waals surface area contributed by atoms with Crippen LogP contribution in [0, 0.1) is 6.92 Å². The summed E-state index contributed by atoms with van der Waals surface area (Å²) in [6.07, 6.45) is -0.686. The fraction of sp³-hybridized carbons (Fsp3) is 0.400. The minimum atomic E-state index is -0.686. The second kappa shape index (κ2) is 4.09. The van der Waals surface area contributed by atoms with Gasteiger partial charge in [-0.1, -0.05) is 23.7 Å². The van der Waals surface area contributed by atoms with Crippen LogP contribution in [0.5, 0.6) is 0 Å². The molecule has 3 heteroatoms. The molecule has 0 fully saturated rings. The van der Waals surface area contributed by atoms with Gasteiger partial charge in [-0.15, -0.1) is 0 Å². The lowest BCUT2D eigenvalue weighted by Gasteiger charge is -2.18. The van der Waals surface area contributed by atoms with E-state index in [0.29, 0.717) is 5.02 Å². The smallest absolute Gasteiger partial charge is 0.0955 e. The summed E-state index contributed by atoms with van der Waals surface area (Å²) < 4.78 is 0. The minimum Gasteiger partial charge on any atom is -0.387 e. The molecular weight excluding hydrogens is 186 g/mol. The summed E-state index contributed by atoms with van der Waals surface area (Å²) >= 11 is 5.95. The molecule has 0 bridgehead atoms. The summed E-state index contributed by atoms with van der Waals surface area (Å²) in [5.41, 5.74) is 7.30. The second-order valence-electron chi connectivity index (χ2n) is 3.27. The van der Waals surface area contributed by atoms with Crippen molar-refractivity contribution in [3.8, 4) is 0 Å². The second-order valence-corrected chi connectivity index (χ2v) is 3.68. The van der Waals surface area contributed by atoms with Gasteiger partial charge in [0.2, 0.25) is 0 Å². The normalized spacial score (nSPS) is 15.5. The molecule has 0 aliphatic carbocycles. The van der Waals surface area contributed by atoms with Gasteiger partial charge in [-0.25, -0.2) is 0 Å². The van der Waals surface area contributed by atoms with Gasteiger partial charge in [-0.3, -0.25) is 0 Å². The first-order valence-electron chi connectivity index (χ1n) is 4.22. The number of nitrogens with two attached hydrogens (primary N) is 1. The first kappa shape index (κ1) is 10.5. The highest BCUT2D eigenvalue weighted by atomic mass is 35.5. The zero-order valence-corrected chi connectivity index (χ0v) is 8.55. The van der Waals surface area contributed by atoms with Crippen molar-refractivity contribution in [3.05, 3.63) is 34.3 Å². The lowest BCUT2D eigenvalue weighted by molar-refractivity contribution is 0.153. The topological polar surface area (TPSA) is 46.2 Å². The summed E-state index contributed by atoms with van der Waals surface area (Å²) in [6.45, 7) is 3.67. The summed E-state index contributed by atoms with van der Waals surface area (Å²) in [4.78, 5) is 0. The average Bonchev–Trinajstić information content (AvgIpc) is 2.03. The van der Waals surface area contributed by atoms with E-state index in [1.54, 1.807) is 13.0 Å². The predicted octanol–water partition coefficient (Wildman–Crippen LogP) is 2.03. The Hall–Kier alpha value is -0.570. The van der Waals surface area contributed by atoms with Crippen molar-refractivity contribution >= 4 is 11.6 Å². The molecule has 0 radical (unpaired) electrons. The lowest BCUT2D eigenvalue weighted by Crippen LogP contribution is -2.25. The fourth-order valence-corrected chi connectivity index (χ4v) is 1.62. The molecule has 3 N–H and O–H groups in total. The van der Waals surface area contributed by atoms with Crippen LogP contribution in [-0.2, 0) is 0 Å². The zero-order chi connectivity index (χ0) is 10.0. The molecule has 2 nitrogen and oxygen atoms in total. The number of hydrogen-bond acceptors (Lipinski definition) is 2. The van der Waals surface area contributed by atoms with Crippen molar-refractivity contribution in [1.82, 2.24) is 0 Å². The third-order valence-corrected chi connectivity index (χ3v) is 2.39. The maximum atomic E-state index is 9.75. The summed E-state index contributed by atoms with van der Waals surface area (Å²) in [5, 5.41) is 10.3. The largest absolute Gasteiger partial charge is 0.387 e. The number of hydrogen-bond donors (Lipinski definition) is 2. The summed E-state index contributed by atoms with van der Waals surface area (Å²) in [7, 11) is 0. The lowest BCUT2D eigenvalue weighted by atomic mass is 9.99. The predicted molar refractivity (Wildman–Crippen MR) is 54.8 cm³/mol. The number of aryl methyl sites for hydroxylation is 1. The number of halogens is 1. The van der Waals surface area contributed by atoms with Gasteiger partial charge < -0.3 is 10.8 Å². The van der Waals surface area contributed by atoms with Crippen molar-refractivity contribution in [2.24, 2.45) is 5.73 Å². The van der Waals surface area contributed by atoms with Crippen LogP contribution in [0.25, 0.3) is 0 Å². The van der Waals surface area contributed by atoms with E-state index in [2.05, 4.69) is 0 Å². The molecule has 0 aliphatic heterocycles. The maximum Gasteiger partial charge on any atom is 0.0955 e. The molecule has 1 aromatic rings. The van der Waals surface area contributed by atoms with Gasteiger partial charge >= 0.3 is 0 Å². The van der Waals surface area contributed by atoms with Crippen LogP contribution in [0.2, 0.25) is 5.02 Å². The Bertz CT molecular complexity index is 279. The molecule has 2 atom stereocenters. The Balaban J connectivity index is 3.12. The Kier molecular flexibility index (Phi) is 3.31. The molecule has 0 unspecified atom stereocenters. The highest BCUT2D eigenvalue weighted by Crippen LogP contribution is 2.27. The molecule has 72 valence electrons. The SMILES string of the molecule is Cc1cccc(Cl)c1[C@H](O)[C@@H](C)N. The van der Waals surface area contributed by atoms with Crippen molar-refractivity contribution in [2.45, 2.75) is 26.0 Å². The fourth-order valence-electron chi connectivity index (χ4n) is 1.28. The van der Waals surface area contributed by atoms with E-state index in [-0.39, 0.29) is 6.04 Å². The Morgan fingerprint density at radius 1 is 1.46 bits per heavy atom. The first-order chi connectivity index (χ1) is 6.04. The molecule has 1 rings (SSSR count). The monoisotopic (exact) mass is 199 g/mol. The van der Waals surface area contributed by atoms with Gasteiger partial charge in [0.1, 0.15) is 0 Å². The molecule has 0 amide bonds. The van der Waals surface area contributed by atoms with Gasteiger partial charge in [0, 0.05) is 16.6 Å². The zero-order valence-electron chi connectivity index (χ0n) is 7.79. The highest BCUT2D eigenvalue weighted by molar-refractivity contribution is 6.31. The quantitative estimate of drug-likeness (QED) is 0.766. The number of aliphatic hydroxyl groups is 1. The molecule has 1 aromatic carbocycles. The van der Waals surface area contributed by atoms with Crippen LogP contribution in [0.1, 0.15) is 24.2 Å². The Labute approximate surface area is 83.3 Å². The average molecular weight is 200 g/mol. The summed E-state index contributed by atoms with van der Waals surface area (Å²) in [6, 6.07) is 5.22. The number of rotatable bonds is 2. The van der Waals surface area contributed by atoms with Crippen LogP contribution in [0.15, 0.2) is 18.2 Å². The van der Waals surface area contributed by atoms with E-state index in [0.717, 1.165) is 11.1 Å². The Morgan fingerprint density at radius 3 is 2.54 bits per heavy atom. The van der Waals surface area contributed by atoms with Crippen molar-refractivity contribution in [2.75, 3.05) is 0 Å². The van der Waals surface area contributed by atoms with Crippen molar-refractivity contribution in [3.63, 3.8) is 0 Å². The molecule has 0 heterocycles. The van der Waals surface area contributed by atoms with E-state index in [1.807, 2.05) is 19.1 Å². The maximum absolute atomic E-state index is 9.75. The molecule has 0 saturated heterocycles. The molecule has 0 spiro atoms. The van der Waals surface area contributed by atoms with Crippen LogP contribution in [0.3, 0.4) is 0 Å². The van der Waals surface area contributed by atoms with Gasteiger partial charge in [0.25, 0.3) is 0 Å². The van der Waals surface area contributed by atoms with Crippen molar-refractivity contribution in [1.29, 1.82) is 0 Å². The first-order valence-corrected chi connectivity index (χ1v) is 4.60. The van der Waals surface area contributed by atoms with Gasteiger partial charge in [-0.05, 0) is 25.5 Å². The van der Waals surface area contributed by atoms with Crippen LogP contribution >= 0.6 is 11.6 Å². The van der Waals surface area contributed by atoms with E-state index in [4.69, 9.17) is 17.3 Å². The van der Waals surface area contributed by atoms with E-state index < -0.39 is 6.10 Å². The van der Waals surface area contributed by atoms with E-state index >= 15 is 0 Å². The van der Waals surface area contributed by atoms with Crippen LogP contribution in [-0.4, -0.2) is 11.1 Å². The van der Waals surface area contributed by atoms with Gasteiger partial charge in [0.05, 0.1) is 6.10 Å². The van der Waals surface area contributed by atoms with Crippen LogP contribution in [0.4, 0.5) is 0 Å². The molecular formula is C10H14ClNO. The molecule has 0 aromatic heterocycles. The summed E-state index contributed by atoms with van der Waals surface area (Å²) in [5.74, 6) is 0. The Morgan fingerprint density at radius 2 is 2.08 bits per heavy atom. The molecule has 0 aliphatic rings. The van der Waals surface area contributed by atoms with E-state index in [9.17, 15) is 5.11 Å². The van der Waals surface area contributed by atoms with Crippen molar-refractivity contribution < 1.29 is 5.11 Å². The number of benzene rings is 1. The standard InChI is InChI=1S/C10H14ClNO/c1-6-4-3-5-8(11)9(6)10(13)7(2)12/h3-5,7,10,13H,12H2,1-2H3/t7-,10-/m1/s1. The third kappa shape index (κ3) is 2.21. The molecule has 13 heavy (non-hydrogen) atoms. The molecule has 0 saturated carbocycles.